The highest BCUT2D eigenvalue weighted by molar-refractivity contribution is 7.99. The summed E-state index contributed by atoms with van der Waals surface area (Å²) in [6.07, 6.45) is 1.20. The Bertz CT molecular complexity index is 419. The molecule has 0 amide bonds. The third-order valence-electron chi connectivity index (χ3n) is 2.65. The van der Waals surface area contributed by atoms with E-state index in [0.717, 1.165) is 12.3 Å². The van der Waals surface area contributed by atoms with E-state index in [4.69, 9.17) is 5.11 Å². The fourth-order valence-electron chi connectivity index (χ4n) is 1.74. The molecule has 1 aromatic heterocycles. The molecule has 1 aromatic rings. The lowest BCUT2D eigenvalue weighted by molar-refractivity contribution is 0.0690. The van der Waals surface area contributed by atoms with Crippen molar-refractivity contribution in [1.82, 2.24) is 9.97 Å². The van der Waals surface area contributed by atoms with E-state index in [1.165, 1.54) is 18.2 Å². The van der Waals surface area contributed by atoms with Crippen LogP contribution >= 0.6 is 11.8 Å². The molecule has 0 spiro atoms. The molecule has 5 nitrogen and oxygen atoms in total. The standard InChI is InChI=1S/C11H15N3O2S/c1-7-4-9(10(15)16)14-11(13-7)12-5-8-2-3-17-6-8/h4,8H,2-3,5-6H2,1H3,(H,15,16)(H,12,13,14). The number of carbonyl (C=O) groups is 1. The predicted molar refractivity (Wildman–Crippen MR) is 67.7 cm³/mol. The van der Waals surface area contributed by atoms with Gasteiger partial charge in [-0.1, -0.05) is 0 Å². The fourth-order valence-corrected chi connectivity index (χ4v) is 3.02. The number of carboxylic acids is 1. The lowest BCUT2D eigenvalue weighted by atomic mass is 10.1. The molecular formula is C11H15N3O2S. The lowest BCUT2D eigenvalue weighted by Crippen LogP contribution is -2.16. The molecule has 0 saturated carbocycles. The first-order chi connectivity index (χ1) is 8.15. The fraction of sp³-hybridized carbons (Fsp3) is 0.545. The van der Waals surface area contributed by atoms with Crippen LogP contribution in [0.15, 0.2) is 6.07 Å². The molecular weight excluding hydrogens is 238 g/mol. The number of hydrogen-bond acceptors (Lipinski definition) is 5. The molecule has 1 unspecified atom stereocenters. The summed E-state index contributed by atoms with van der Waals surface area (Å²) in [6.45, 7) is 2.58. The zero-order valence-corrected chi connectivity index (χ0v) is 10.5. The molecule has 6 heteroatoms. The Morgan fingerprint density at radius 3 is 3.12 bits per heavy atom. The van der Waals surface area contributed by atoms with Gasteiger partial charge in [0.1, 0.15) is 0 Å². The van der Waals surface area contributed by atoms with Gasteiger partial charge < -0.3 is 10.4 Å². The molecule has 1 saturated heterocycles. The maximum Gasteiger partial charge on any atom is 0.354 e. The quantitative estimate of drug-likeness (QED) is 0.849. The van der Waals surface area contributed by atoms with Gasteiger partial charge in [0.05, 0.1) is 0 Å². The molecule has 0 bridgehead atoms. The normalized spacial score (nSPS) is 19.2. The van der Waals surface area contributed by atoms with Crippen molar-refractivity contribution in [3.05, 3.63) is 17.5 Å². The maximum atomic E-state index is 10.8. The van der Waals surface area contributed by atoms with E-state index in [2.05, 4.69) is 15.3 Å². The molecule has 0 aromatic carbocycles. The van der Waals surface area contributed by atoms with Crippen molar-refractivity contribution >= 4 is 23.7 Å². The summed E-state index contributed by atoms with van der Waals surface area (Å²) < 4.78 is 0. The molecule has 0 aliphatic carbocycles. The van der Waals surface area contributed by atoms with E-state index in [1.54, 1.807) is 6.92 Å². The van der Waals surface area contributed by atoms with Gasteiger partial charge in [0.25, 0.3) is 0 Å². The smallest absolute Gasteiger partial charge is 0.354 e. The average Bonchev–Trinajstić information content (AvgIpc) is 2.78. The summed E-state index contributed by atoms with van der Waals surface area (Å²) in [4.78, 5) is 19.0. The van der Waals surface area contributed by atoms with Gasteiger partial charge >= 0.3 is 5.97 Å². The molecule has 0 radical (unpaired) electrons. The molecule has 1 aliphatic heterocycles. The third-order valence-corrected chi connectivity index (χ3v) is 3.88. The van der Waals surface area contributed by atoms with E-state index < -0.39 is 5.97 Å². The lowest BCUT2D eigenvalue weighted by Gasteiger charge is -2.10. The van der Waals surface area contributed by atoms with Crippen LogP contribution in [0.1, 0.15) is 22.6 Å². The number of anilines is 1. The monoisotopic (exact) mass is 253 g/mol. The number of nitrogens with zero attached hydrogens (tertiary/aromatic N) is 2. The summed E-state index contributed by atoms with van der Waals surface area (Å²) in [5, 5.41) is 12.0. The largest absolute Gasteiger partial charge is 0.477 e. The number of aromatic nitrogens is 2. The number of thioether (sulfide) groups is 1. The molecule has 2 rings (SSSR count). The number of aryl methyl sites for hydroxylation is 1. The van der Waals surface area contributed by atoms with Gasteiger partial charge in [-0.2, -0.15) is 11.8 Å². The second-order valence-electron chi connectivity index (χ2n) is 4.13. The van der Waals surface area contributed by atoms with Crippen LogP contribution in [0.25, 0.3) is 0 Å². The highest BCUT2D eigenvalue weighted by Crippen LogP contribution is 2.23. The highest BCUT2D eigenvalue weighted by atomic mass is 32.2. The van der Waals surface area contributed by atoms with E-state index >= 15 is 0 Å². The van der Waals surface area contributed by atoms with Gasteiger partial charge in [-0.15, -0.1) is 0 Å². The van der Waals surface area contributed by atoms with Crippen LogP contribution in [-0.2, 0) is 0 Å². The molecule has 2 N–H and O–H groups in total. The first-order valence-corrected chi connectivity index (χ1v) is 6.71. The Morgan fingerprint density at radius 1 is 1.65 bits per heavy atom. The predicted octanol–water partition coefficient (Wildman–Crippen LogP) is 1.65. The van der Waals surface area contributed by atoms with Gasteiger partial charge in [-0.05, 0) is 36.8 Å². The van der Waals surface area contributed by atoms with Crippen LogP contribution in [0.3, 0.4) is 0 Å². The van der Waals surface area contributed by atoms with E-state index in [0.29, 0.717) is 17.6 Å². The Kier molecular flexibility index (Phi) is 3.83. The van der Waals surface area contributed by atoms with Crippen molar-refractivity contribution < 1.29 is 9.90 Å². The SMILES string of the molecule is Cc1cc(C(=O)O)nc(NCC2CCSC2)n1. The van der Waals surface area contributed by atoms with Crippen molar-refractivity contribution in [3.63, 3.8) is 0 Å². The van der Waals surface area contributed by atoms with Crippen molar-refractivity contribution in [2.75, 3.05) is 23.4 Å². The summed E-state index contributed by atoms with van der Waals surface area (Å²) in [7, 11) is 0. The summed E-state index contributed by atoms with van der Waals surface area (Å²) in [6, 6.07) is 1.47. The second-order valence-corrected chi connectivity index (χ2v) is 5.28. The van der Waals surface area contributed by atoms with Crippen molar-refractivity contribution in [1.29, 1.82) is 0 Å². The molecule has 17 heavy (non-hydrogen) atoms. The topological polar surface area (TPSA) is 75.1 Å². The van der Waals surface area contributed by atoms with E-state index in [9.17, 15) is 4.79 Å². The minimum absolute atomic E-state index is 0.0424. The highest BCUT2D eigenvalue weighted by Gasteiger charge is 2.16. The molecule has 1 fully saturated rings. The minimum Gasteiger partial charge on any atom is -0.477 e. The van der Waals surface area contributed by atoms with Gasteiger partial charge in [0.2, 0.25) is 5.95 Å². The zero-order valence-electron chi connectivity index (χ0n) is 9.64. The van der Waals surface area contributed by atoms with Crippen molar-refractivity contribution in [2.24, 2.45) is 5.92 Å². The van der Waals surface area contributed by atoms with Gasteiger partial charge in [0, 0.05) is 12.2 Å². The van der Waals surface area contributed by atoms with E-state index in [1.807, 2.05) is 11.8 Å². The number of rotatable bonds is 4. The zero-order chi connectivity index (χ0) is 12.3. The molecule has 1 aliphatic rings. The van der Waals surface area contributed by atoms with Crippen LogP contribution in [-0.4, -0.2) is 39.1 Å². The number of aromatic carboxylic acids is 1. The Morgan fingerprint density at radius 2 is 2.47 bits per heavy atom. The van der Waals surface area contributed by atoms with Crippen LogP contribution < -0.4 is 5.32 Å². The number of nitrogens with one attached hydrogen (secondary N) is 1. The van der Waals surface area contributed by atoms with Crippen LogP contribution in [0.4, 0.5) is 5.95 Å². The van der Waals surface area contributed by atoms with E-state index in [-0.39, 0.29) is 5.69 Å². The van der Waals surface area contributed by atoms with Crippen molar-refractivity contribution in [2.45, 2.75) is 13.3 Å². The van der Waals surface area contributed by atoms with Gasteiger partial charge in [0.15, 0.2) is 5.69 Å². The van der Waals surface area contributed by atoms with Crippen LogP contribution in [0, 0.1) is 12.8 Å². The minimum atomic E-state index is -1.02. The Labute approximate surface area is 104 Å². The van der Waals surface area contributed by atoms with Crippen molar-refractivity contribution in [3.8, 4) is 0 Å². The summed E-state index contributed by atoms with van der Waals surface area (Å²) in [5.74, 6) is 2.40. The Balaban J connectivity index is 2.01. The van der Waals surface area contributed by atoms with Gasteiger partial charge in [-0.25, -0.2) is 14.8 Å². The number of carboxylic acid groups (broad SMARTS) is 1. The van der Waals surface area contributed by atoms with Crippen LogP contribution in [0.5, 0.6) is 0 Å². The average molecular weight is 253 g/mol. The summed E-state index contributed by atoms with van der Waals surface area (Å²) in [5.41, 5.74) is 0.710. The maximum absolute atomic E-state index is 10.8. The van der Waals surface area contributed by atoms with Crippen LogP contribution in [0.2, 0.25) is 0 Å². The molecule has 92 valence electrons. The Hall–Kier alpha value is -1.30. The second kappa shape index (κ2) is 5.35. The first-order valence-electron chi connectivity index (χ1n) is 5.56. The van der Waals surface area contributed by atoms with Gasteiger partial charge in [-0.3, -0.25) is 0 Å². The number of hydrogen-bond donors (Lipinski definition) is 2. The molecule has 2 heterocycles. The molecule has 1 atom stereocenters. The first kappa shape index (κ1) is 12.2. The third kappa shape index (κ3) is 3.33. The summed E-state index contributed by atoms with van der Waals surface area (Å²) >= 11 is 1.95.